The number of amides is 3. The Morgan fingerprint density at radius 2 is 2.00 bits per heavy atom. The van der Waals surface area contributed by atoms with Crippen LogP contribution in [0.15, 0.2) is 30.3 Å². The number of benzene rings is 1. The van der Waals surface area contributed by atoms with E-state index in [1.807, 2.05) is 30.3 Å². The molecule has 1 aromatic carbocycles. The van der Waals surface area contributed by atoms with Gasteiger partial charge in [-0.1, -0.05) is 30.3 Å². The summed E-state index contributed by atoms with van der Waals surface area (Å²) in [4.78, 5) is 36.7. The molecule has 0 aliphatic carbocycles. The van der Waals surface area contributed by atoms with E-state index in [4.69, 9.17) is 4.74 Å². The predicted octanol–water partition coefficient (Wildman–Crippen LogP) is 0.711. The molecular weight excluding hydrogens is 260 g/mol. The van der Waals surface area contributed by atoms with E-state index in [-0.39, 0.29) is 6.42 Å². The third-order valence-electron chi connectivity index (χ3n) is 3.22. The van der Waals surface area contributed by atoms with Crippen LogP contribution in [0.25, 0.3) is 0 Å². The Balaban J connectivity index is 2.27. The molecule has 3 amide bonds. The summed E-state index contributed by atoms with van der Waals surface area (Å²) < 4.78 is 4.72. The van der Waals surface area contributed by atoms with Gasteiger partial charge in [-0.25, -0.2) is 14.5 Å². The molecule has 0 bridgehead atoms. The van der Waals surface area contributed by atoms with Crippen molar-refractivity contribution in [1.82, 2.24) is 10.2 Å². The number of rotatable bonds is 4. The zero-order valence-corrected chi connectivity index (χ0v) is 11.3. The van der Waals surface area contributed by atoms with Crippen LogP contribution in [-0.4, -0.2) is 42.0 Å². The number of nitrogens with one attached hydrogen (secondary N) is 1. The molecule has 2 atom stereocenters. The molecule has 1 unspecified atom stereocenters. The first-order chi connectivity index (χ1) is 9.54. The van der Waals surface area contributed by atoms with E-state index in [9.17, 15) is 14.4 Å². The molecule has 2 rings (SSSR count). The Bertz CT molecular complexity index is 529. The van der Waals surface area contributed by atoms with Crippen LogP contribution >= 0.6 is 0 Å². The fraction of sp³-hybridized carbons (Fsp3) is 0.357. The minimum Gasteiger partial charge on any atom is -0.467 e. The highest BCUT2D eigenvalue weighted by molar-refractivity contribution is 6.06. The van der Waals surface area contributed by atoms with E-state index >= 15 is 0 Å². The van der Waals surface area contributed by atoms with Crippen molar-refractivity contribution in [3.63, 3.8) is 0 Å². The van der Waals surface area contributed by atoms with Crippen molar-refractivity contribution in [1.29, 1.82) is 0 Å². The second-order valence-corrected chi connectivity index (χ2v) is 4.61. The molecule has 1 N–H and O–H groups in total. The Hall–Kier alpha value is -2.37. The highest BCUT2D eigenvalue weighted by Crippen LogP contribution is 2.16. The van der Waals surface area contributed by atoms with Crippen LogP contribution in [0, 0.1) is 0 Å². The Kier molecular flexibility index (Phi) is 4.02. The lowest BCUT2D eigenvalue weighted by Crippen LogP contribution is -2.47. The number of urea groups is 1. The van der Waals surface area contributed by atoms with Crippen LogP contribution in [0.4, 0.5) is 4.79 Å². The molecule has 20 heavy (non-hydrogen) atoms. The lowest BCUT2D eigenvalue weighted by molar-refractivity contribution is -0.149. The topological polar surface area (TPSA) is 75.7 Å². The molecule has 1 aromatic rings. The highest BCUT2D eigenvalue weighted by Gasteiger charge is 2.43. The number of carbonyl (C=O) groups excluding carboxylic acids is 3. The van der Waals surface area contributed by atoms with Crippen LogP contribution in [-0.2, 0) is 20.7 Å². The Labute approximate surface area is 116 Å². The molecule has 1 heterocycles. The zero-order valence-electron chi connectivity index (χ0n) is 11.3. The van der Waals surface area contributed by atoms with Gasteiger partial charge in [0.2, 0.25) is 0 Å². The zero-order chi connectivity index (χ0) is 14.7. The maximum atomic E-state index is 12.0. The second kappa shape index (κ2) is 5.73. The van der Waals surface area contributed by atoms with Gasteiger partial charge in [-0.2, -0.15) is 0 Å². The van der Waals surface area contributed by atoms with Crippen molar-refractivity contribution in [3.8, 4) is 0 Å². The van der Waals surface area contributed by atoms with Crippen molar-refractivity contribution >= 4 is 17.9 Å². The molecule has 0 radical (unpaired) electrons. The number of methoxy groups -OCH3 is 1. The van der Waals surface area contributed by atoms with Crippen molar-refractivity contribution < 1.29 is 19.1 Å². The molecule has 106 valence electrons. The van der Waals surface area contributed by atoms with Crippen molar-refractivity contribution in [3.05, 3.63) is 35.9 Å². The SMILES string of the molecule is COC(=O)[C@H](Cc1ccccc1)N1C(=O)NC(C)C1=O. The molecular formula is C14H16N2O4. The lowest BCUT2D eigenvalue weighted by Gasteiger charge is -2.23. The number of ether oxygens (including phenoxy) is 1. The van der Waals surface area contributed by atoms with E-state index in [0.717, 1.165) is 10.5 Å². The summed E-state index contributed by atoms with van der Waals surface area (Å²) >= 11 is 0. The fourth-order valence-corrected chi connectivity index (χ4v) is 2.17. The van der Waals surface area contributed by atoms with Gasteiger partial charge < -0.3 is 10.1 Å². The Morgan fingerprint density at radius 1 is 1.35 bits per heavy atom. The number of hydrogen-bond donors (Lipinski definition) is 1. The Morgan fingerprint density at radius 3 is 2.50 bits per heavy atom. The van der Waals surface area contributed by atoms with E-state index in [2.05, 4.69) is 5.32 Å². The molecule has 6 nitrogen and oxygen atoms in total. The standard InChI is InChI=1S/C14H16N2O4/c1-9-12(17)16(14(19)15-9)11(13(18)20-2)8-10-6-4-3-5-7-10/h3-7,9,11H,8H2,1-2H3,(H,15,19)/t9?,11-/m0/s1. The van der Waals surface area contributed by atoms with E-state index in [1.165, 1.54) is 7.11 Å². The van der Waals surface area contributed by atoms with Gasteiger partial charge in [-0.15, -0.1) is 0 Å². The fourth-order valence-electron chi connectivity index (χ4n) is 2.17. The van der Waals surface area contributed by atoms with E-state index in [1.54, 1.807) is 6.92 Å². The van der Waals surface area contributed by atoms with Gasteiger partial charge in [0, 0.05) is 6.42 Å². The number of esters is 1. The number of carbonyl (C=O) groups is 3. The number of imide groups is 1. The minimum atomic E-state index is -0.945. The quantitative estimate of drug-likeness (QED) is 0.649. The summed E-state index contributed by atoms with van der Waals surface area (Å²) in [6.45, 7) is 1.58. The highest BCUT2D eigenvalue weighted by atomic mass is 16.5. The number of nitrogens with zero attached hydrogens (tertiary/aromatic N) is 1. The summed E-state index contributed by atoms with van der Waals surface area (Å²) in [5, 5.41) is 2.49. The molecule has 1 aliphatic heterocycles. The normalized spacial score (nSPS) is 19.7. The van der Waals surface area contributed by atoms with Gasteiger partial charge in [0.15, 0.2) is 0 Å². The van der Waals surface area contributed by atoms with Crippen LogP contribution in [0.3, 0.4) is 0 Å². The van der Waals surface area contributed by atoms with Crippen LogP contribution in [0.1, 0.15) is 12.5 Å². The summed E-state index contributed by atoms with van der Waals surface area (Å²) in [5.74, 6) is -1.02. The summed E-state index contributed by atoms with van der Waals surface area (Å²) in [6.07, 6.45) is 0.236. The van der Waals surface area contributed by atoms with Gasteiger partial charge in [-0.3, -0.25) is 4.79 Å². The molecule has 6 heteroatoms. The van der Waals surface area contributed by atoms with Crippen molar-refractivity contribution in [2.75, 3.05) is 7.11 Å². The monoisotopic (exact) mass is 276 g/mol. The molecule has 1 aliphatic rings. The van der Waals surface area contributed by atoms with Crippen molar-refractivity contribution in [2.24, 2.45) is 0 Å². The predicted molar refractivity (Wildman–Crippen MR) is 70.8 cm³/mol. The molecule has 1 fully saturated rings. The largest absolute Gasteiger partial charge is 0.467 e. The average molecular weight is 276 g/mol. The lowest BCUT2D eigenvalue weighted by atomic mass is 10.0. The first-order valence-electron chi connectivity index (χ1n) is 6.30. The van der Waals surface area contributed by atoms with Crippen LogP contribution in [0.5, 0.6) is 0 Å². The minimum absolute atomic E-state index is 0.236. The summed E-state index contributed by atoms with van der Waals surface area (Å²) in [6, 6.07) is 7.05. The van der Waals surface area contributed by atoms with Gasteiger partial charge in [0.1, 0.15) is 12.1 Å². The smallest absolute Gasteiger partial charge is 0.329 e. The molecule has 0 saturated carbocycles. The van der Waals surface area contributed by atoms with Crippen molar-refractivity contribution in [2.45, 2.75) is 25.4 Å². The van der Waals surface area contributed by atoms with Gasteiger partial charge in [0.05, 0.1) is 7.11 Å². The maximum Gasteiger partial charge on any atom is 0.329 e. The second-order valence-electron chi connectivity index (χ2n) is 4.61. The van der Waals surface area contributed by atoms with Gasteiger partial charge in [0.25, 0.3) is 5.91 Å². The molecule has 0 aromatic heterocycles. The maximum absolute atomic E-state index is 12.0. The third-order valence-corrected chi connectivity index (χ3v) is 3.22. The van der Waals surface area contributed by atoms with E-state index < -0.39 is 30.0 Å². The first kappa shape index (κ1) is 14.0. The van der Waals surface area contributed by atoms with Gasteiger partial charge in [-0.05, 0) is 12.5 Å². The summed E-state index contributed by atoms with van der Waals surface area (Å²) in [5.41, 5.74) is 0.850. The summed E-state index contributed by atoms with van der Waals surface area (Å²) in [7, 11) is 1.24. The first-order valence-corrected chi connectivity index (χ1v) is 6.30. The number of hydrogen-bond acceptors (Lipinski definition) is 4. The van der Waals surface area contributed by atoms with E-state index in [0.29, 0.717) is 0 Å². The average Bonchev–Trinajstić information content (AvgIpc) is 2.70. The molecule has 0 spiro atoms. The molecule has 1 saturated heterocycles. The van der Waals surface area contributed by atoms with Crippen LogP contribution < -0.4 is 5.32 Å². The third kappa shape index (κ3) is 2.64. The van der Waals surface area contributed by atoms with Crippen LogP contribution in [0.2, 0.25) is 0 Å². The van der Waals surface area contributed by atoms with Gasteiger partial charge >= 0.3 is 12.0 Å².